The predicted molar refractivity (Wildman–Crippen MR) is 76.7 cm³/mol. The average molecular weight is 307 g/mol. The number of aliphatic hydroxyl groups is 1. The summed E-state index contributed by atoms with van der Waals surface area (Å²) in [6.45, 7) is 2.41. The van der Waals surface area contributed by atoms with Crippen LogP contribution in [0, 0.1) is 17.3 Å². The third-order valence-electron chi connectivity index (χ3n) is 6.09. The van der Waals surface area contributed by atoms with Gasteiger partial charge in [-0.05, 0) is 44.4 Å². The summed E-state index contributed by atoms with van der Waals surface area (Å²) in [6, 6.07) is 0. The predicted octanol–water partition coefficient (Wildman–Crippen LogP) is 4.02. The number of nitrogens with two attached hydrogens (primary N) is 1. The minimum absolute atomic E-state index is 0.143. The molecule has 0 radical (unpaired) electrons. The number of hydrogen-bond donors (Lipinski definition) is 2. The molecule has 0 bridgehead atoms. The summed E-state index contributed by atoms with van der Waals surface area (Å²) in [5, 5.41) is 11.1. The van der Waals surface area contributed by atoms with Gasteiger partial charge in [0.25, 0.3) is 0 Å². The molecule has 0 amide bonds. The normalized spacial score (nSPS) is 42.0. The minimum Gasteiger partial charge on any atom is -0.389 e. The first-order valence-electron chi connectivity index (χ1n) is 8.25. The van der Waals surface area contributed by atoms with Crippen molar-refractivity contribution >= 4 is 0 Å². The van der Waals surface area contributed by atoms with E-state index in [0.717, 1.165) is 32.1 Å². The Bertz CT molecular complexity index is 360. The molecule has 0 heterocycles. The van der Waals surface area contributed by atoms with E-state index in [-0.39, 0.29) is 12.8 Å². The van der Waals surface area contributed by atoms with Crippen molar-refractivity contribution in [2.45, 2.75) is 76.5 Å². The van der Waals surface area contributed by atoms with Crippen molar-refractivity contribution < 1.29 is 18.3 Å². The number of alkyl halides is 3. The zero-order valence-corrected chi connectivity index (χ0v) is 12.9. The van der Waals surface area contributed by atoms with Gasteiger partial charge in [-0.1, -0.05) is 26.2 Å². The molecule has 0 aliphatic heterocycles. The van der Waals surface area contributed by atoms with Gasteiger partial charge in [0.1, 0.15) is 0 Å². The third kappa shape index (κ3) is 3.24. The summed E-state index contributed by atoms with van der Waals surface area (Å²) in [6.07, 6.45) is 1.32. The molecule has 0 spiro atoms. The van der Waals surface area contributed by atoms with E-state index in [2.05, 4.69) is 6.92 Å². The lowest BCUT2D eigenvalue weighted by molar-refractivity contribution is -0.221. The monoisotopic (exact) mass is 307 g/mol. The summed E-state index contributed by atoms with van der Waals surface area (Å²) in [5.41, 5.74) is 4.22. The standard InChI is InChI=1S/C16H28F3NO/c1-2-12-5-3-7-14(9-12,11-20)15(21)8-4-6-13(10-15)16(17,18)19/h12-13,21H,2-11,20H2,1H3. The lowest BCUT2D eigenvalue weighted by Gasteiger charge is -2.54. The average Bonchev–Trinajstić information content (AvgIpc) is 2.46. The smallest absolute Gasteiger partial charge is 0.389 e. The number of hydrogen-bond acceptors (Lipinski definition) is 2. The minimum atomic E-state index is -4.21. The van der Waals surface area contributed by atoms with Gasteiger partial charge in [0.2, 0.25) is 0 Å². The summed E-state index contributed by atoms with van der Waals surface area (Å²) < 4.78 is 39.2. The molecule has 0 aromatic rings. The fourth-order valence-electron chi connectivity index (χ4n) is 4.65. The maximum atomic E-state index is 13.1. The fourth-order valence-corrected chi connectivity index (χ4v) is 4.65. The van der Waals surface area contributed by atoms with Crippen LogP contribution in [0.5, 0.6) is 0 Å². The number of rotatable bonds is 3. The van der Waals surface area contributed by atoms with Gasteiger partial charge in [-0.3, -0.25) is 0 Å². The van der Waals surface area contributed by atoms with E-state index < -0.39 is 23.1 Å². The van der Waals surface area contributed by atoms with E-state index in [1.807, 2.05) is 0 Å². The zero-order valence-electron chi connectivity index (χ0n) is 12.9. The Balaban J connectivity index is 2.22. The molecule has 5 heteroatoms. The van der Waals surface area contributed by atoms with Crippen molar-refractivity contribution in [3.8, 4) is 0 Å². The van der Waals surface area contributed by atoms with Crippen LogP contribution in [0.25, 0.3) is 0 Å². The Morgan fingerprint density at radius 2 is 1.81 bits per heavy atom. The van der Waals surface area contributed by atoms with Crippen LogP contribution >= 0.6 is 0 Å². The molecule has 2 saturated carbocycles. The molecule has 0 saturated heterocycles. The highest BCUT2D eigenvalue weighted by atomic mass is 19.4. The van der Waals surface area contributed by atoms with Crippen LogP contribution in [0.4, 0.5) is 13.2 Å². The fraction of sp³-hybridized carbons (Fsp3) is 1.00. The second kappa shape index (κ2) is 6.07. The van der Waals surface area contributed by atoms with E-state index in [9.17, 15) is 18.3 Å². The second-order valence-electron chi connectivity index (χ2n) is 7.22. The molecule has 0 aromatic carbocycles. The third-order valence-corrected chi connectivity index (χ3v) is 6.09. The van der Waals surface area contributed by atoms with Crippen LogP contribution < -0.4 is 5.73 Å². The molecular weight excluding hydrogens is 279 g/mol. The van der Waals surface area contributed by atoms with E-state index >= 15 is 0 Å². The van der Waals surface area contributed by atoms with Crippen LogP contribution in [0.1, 0.15) is 64.7 Å². The molecular formula is C16H28F3NO. The quantitative estimate of drug-likeness (QED) is 0.827. The first-order valence-corrected chi connectivity index (χ1v) is 8.25. The van der Waals surface area contributed by atoms with Crippen molar-refractivity contribution in [3.05, 3.63) is 0 Å². The van der Waals surface area contributed by atoms with Crippen molar-refractivity contribution in [2.75, 3.05) is 6.54 Å². The van der Waals surface area contributed by atoms with Crippen molar-refractivity contribution in [1.29, 1.82) is 0 Å². The van der Waals surface area contributed by atoms with Crippen LogP contribution in [0.15, 0.2) is 0 Å². The van der Waals surface area contributed by atoms with Gasteiger partial charge in [-0.2, -0.15) is 13.2 Å². The molecule has 21 heavy (non-hydrogen) atoms. The van der Waals surface area contributed by atoms with Crippen molar-refractivity contribution in [1.82, 2.24) is 0 Å². The molecule has 0 aromatic heterocycles. The highest BCUT2D eigenvalue weighted by Gasteiger charge is 2.56. The summed E-state index contributed by atoms with van der Waals surface area (Å²) >= 11 is 0. The van der Waals surface area contributed by atoms with Crippen molar-refractivity contribution in [3.63, 3.8) is 0 Å². The molecule has 2 nitrogen and oxygen atoms in total. The molecule has 2 aliphatic carbocycles. The Morgan fingerprint density at radius 1 is 1.14 bits per heavy atom. The first kappa shape index (κ1) is 17.1. The molecule has 4 unspecified atom stereocenters. The Labute approximate surface area is 125 Å². The SMILES string of the molecule is CCC1CCCC(CN)(C2(O)CCCC(C(F)(F)F)C2)C1. The van der Waals surface area contributed by atoms with E-state index in [0.29, 0.717) is 25.3 Å². The maximum absolute atomic E-state index is 13.1. The van der Waals surface area contributed by atoms with E-state index in [1.165, 1.54) is 0 Å². The second-order valence-corrected chi connectivity index (χ2v) is 7.22. The van der Waals surface area contributed by atoms with Gasteiger partial charge in [0.05, 0.1) is 11.5 Å². The topological polar surface area (TPSA) is 46.2 Å². The van der Waals surface area contributed by atoms with Gasteiger partial charge < -0.3 is 10.8 Å². The van der Waals surface area contributed by atoms with Crippen LogP contribution in [0.2, 0.25) is 0 Å². The molecule has 2 aliphatic rings. The summed E-state index contributed by atoms with van der Waals surface area (Å²) in [4.78, 5) is 0. The molecule has 2 fully saturated rings. The highest BCUT2D eigenvalue weighted by Crippen LogP contribution is 2.55. The lowest BCUT2D eigenvalue weighted by atomic mass is 9.55. The van der Waals surface area contributed by atoms with Gasteiger partial charge in [0, 0.05) is 12.0 Å². The summed E-state index contributed by atoms with van der Waals surface area (Å²) in [5.74, 6) is -0.890. The van der Waals surface area contributed by atoms with Crippen LogP contribution in [-0.4, -0.2) is 23.4 Å². The Morgan fingerprint density at radius 3 is 2.38 bits per heavy atom. The van der Waals surface area contributed by atoms with Gasteiger partial charge in [0.15, 0.2) is 0 Å². The number of halogens is 3. The van der Waals surface area contributed by atoms with Crippen LogP contribution in [-0.2, 0) is 0 Å². The van der Waals surface area contributed by atoms with E-state index in [4.69, 9.17) is 5.73 Å². The Kier molecular flexibility index (Phi) is 4.94. The van der Waals surface area contributed by atoms with Crippen LogP contribution in [0.3, 0.4) is 0 Å². The Hall–Kier alpha value is -0.290. The maximum Gasteiger partial charge on any atom is 0.391 e. The largest absolute Gasteiger partial charge is 0.391 e. The zero-order chi connectivity index (χ0) is 15.7. The molecule has 4 atom stereocenters. The van der Waals surface area contributed by atoms with Crippen molar-refractivity contribution in [2.24, 2.45) is 23.0 Å². The van der Waals surface area contributed by atoms with E-state index in [1.54, 1.807) is 0 Å². The van der Waals surface area contributed by atoms with Gasteiger partial charge in [-0.25, -0.2) is 0 Å². The van der Waals surface area contributed by atoms with Gasteiger partial charge >= 0.3 is 6.18 Å². The lowest BCUT2D eigenvalue weighted by Crippen LogP contribution is -2.57. The summed E-state index contributed by atoms with van der Waals surface area (Å²) in [7, 11) is 0. The molecule has 124 valence electrons. The van der Waals surface area contributed by atoms with Gasteiger partial charge in [-0.15, -0.1) is 0 Å². The molecule has 3 N–H and O–H groups in total. The highest BCUT2D eigenvalue weighted by molar-refractivity contribution is 5.05. The first-order chi connectivity index (χ1) is 9.76. The molecule has 2 rings (SSSR count).